The van der Waals surface area contributed by atoms with Gasteiger partial charge in [-0.05, 0) is 18.2 Å². The van der Waals surface area contributed by atoms with E-state index in [0.717, 1.165) is 7.11 Å². The van der Waals surface area contributed by atoms with Crippen LogP contribution in [0.15, 0.2) is 40.9 Å². The zero-order chi connectivity index (χ0) is 24.9. The maximum Gasteiger partial charge on any atom is 0.457 e. The predicted molar refractivity (Wildman–Crippen MR) is 98.6 cm³/mol. The second kappa shape index (κ2) is 8.24. The molecule has 0 aromatic heterocycles. The van der Waals surface area contributed by atoms with Crippen LogP contribution in [0.25, 0.3) is 0 Å². The molecule has 1 aliphatic carbocycles. The Hall–Kier alpha value is -1.73. The van der Waals surface area contributed by atoms with Crippen molar-refractivity contribution in [1.29, 1.82) is 0 Å². The fourth-order valence-electron chi connectivity index (χ4n) is 3.33. The number of benzene rings is 1. The van der Waals surface area contributed by atoms with Crippen molar-refractivity contribution in [1.82, 2.24) is 0 Å². The molecule has 1 amide bonds. The quantitative estimate of drug-likeness (QED) is 0.443. The normalized spacial score (nSPS) is 23.8. The molecule has 14 heteroatoms. The van der Waals surface area contributed by atoms with Gasteiger partial charge in [-0.15, -0.1) is 0 Å². The Kier molecular flexibility index (Phi) is 6.83. The zero-order valence-corrected chi connectivity index (χ0v) is 17.9. The number of hydrogen-bond donors (Lipinski definition) is 1. The lowest BCUT2D eigenvalue weighted by atomic mass is 9.76. The summed E-state index contributed by atoms with van der Waals surface area (Å²) in [5.74, 6) is -9.17. The Labute approximate surface area is 188 Å². The molecule has 0 fully saturated rings. The minimum atomic E-state index is -6.89. The number of methoxy groups -OCH3 is 1. The molecule has 0 bridgehead atoms. The van der Waals surface area contributed by atoms with Crippen molar-refractivity contribution >= 4 is 33.4 Å². The molecule has 0 heterocycles. The highest BCUT2D eigenvalue weighted by molar-refractivity contribution is 9.10. The summed E-state index contributed by atoms with van der Waals surface area (Å²) in [6.07, 6.45) is -8.41. The molecule has 3 atom stereocenters. The highest BCUT2D eigenvalue weighted by atomic mass is 79.9. The van der Waals surface area contributed by atoms with E-state index in [9.17, 15) is 44.3 Å². The van der Waals surface area contributed by atoms with Crippen molar-refractivity contribution in [2.75, 3.05) is 7.11 Å². The SMILES string of the molecule is COC1(c2c(Cl)cc(C(F)(C(F)(F)F)C(F)(F)C(F)(F)F)cc2Br)C=CC=CC1C(N)=O. The lowest BCUT2D eigenvalue weighted by Crippen LogP contribution is -2.59. The van der Waals surface area contributed by atoms with Gasteiger partial charge in [-0.1, -0.05) is 45.8 Å². The molecule has 1 aromatic rings. The molecule has 3 nitrogen and oxygen atoms in total. The number of rotatable bonds is 5. The Balaban J connectivity index is 2.85. The highest BCUT2D eigenvalue weighted by Crippen LogP contribution is 2.59. The lowest BCUT2D eigenvalue weighted by molar-refractivity contribution is -0.389. The topological polar surface area (TPSA) is 52.3 Å². The third kappa shape index (κ3) is 3.81. The maximum absolute atomic E-state index is 14.8. The van der Waals surface area contributed by atoms with Gasteiger partial charge in [0.2, 0.25) is 5.91 Å². The van der Waals surface area contributed by atoms with Crippen LogP contribution in [0.5, 0.6) is 0 Å². The lowest BCUT2D eigenvalue weighted by Gasteiger charge is -2.39. The van der Waals surface area contributed by atoms with Gasteiger partial charge in [-0.3, -0.25) is 4.79 Å². The monoisotopic (exact) mass is 559 g/mol. The standard InChI is InChI=1S/C18H12BrClF9NO2/c1-32-14(5-3-2-4-9(14)13(30)31)12-10(19)6-8(7-11(12)20)15(21,17(24,25)26)16(22,23)18(27,28)29/h2-7,9H,1H3,(H2,30,31). The zero-order valence-electron chi connectivity index (χ0n) is 15.6. The van der Waals surface area contributed by atoms with Crippen LogP contribution < -0.4 is 5.73 Å². The minimum Gasteiger partial charge on any atom is -0.369 e. The molecule has 1 aromatic carbocycles. The van der Waals surface area contributed by atoms with E-state index in [1.165, 1.54) is 24.3 Å². The Morgan fingerprint density at radius 1 is 1.06 bits per heavy atom. The largest absolute Gasteiger partial charge is 0.457 e. The predicted octanol–water partition coefficient (Wildman–Crippen LogP) is 6.10. The number of primary amides is 1. The third-order valence-corrected chi connectivity index (χ3v) is 5.80. The average molecular weight is 561 g/mol. The number of ether oxygens (including phenoxy) is 1. The Morgan fingerprint density at radius 2 is 1.62 bits per heavy atom. The van der Waals surface area contributed by atoms with Crippen molar-refractivity contribution in [3.05, 3.63) is 57.1 Å². The third-order valence-electron chi connectivity index (χ3n) is 4.87. The fraction of sp³-hybridized carbons (Fsp3) is 0.389. The number of alkyl halides is 9. The average Bonchev–Trinajstić information content (AvgIpc) is 2.64. The highest BCUT2D eigenvalue weighted by Gasteiger charge is 2.81. The van der Waals surface area contributed by atoms with E-state index in [1.54, 1.807) is 0 Å². The minimum absolute atomic E-state index is 0.0280. The smallest absolute Gasteiger partial charge is 0.369 e. The van der Waals surface area contributed by atoms with E-state index in [4.69, 9.17) is 22.1 Å². The van der Waals surface area contributed by atoms with Gasteiger partial charge in [0.05, 0.1) is 5.92 Å². The van der Waals surface area contributed by atoms with Crippen LogP contribution in [-0.4, -0.2) is 31.3 Å². The van der Waals surface area contributed by atoms with E-state index in [1.807, 2.05) is 0 Å². The van der Waals surface area contributed by atoms with Crippen LogP contribution in [0, 0.1) is 5.92 Å². The molecule has 0 radical (unpaired) electrons. The van der Waals surface area contributed by atoms with Crippen LogP contribution in [0.4, 0.5) is 39.5 Å². The number of allylic oxidation sites excluding steroid dienone is 2. The summed E-state index contributed by atoms with van der Waals surface area (Å²) in [6, 6.07) is 0.0408. The number of carbonyl (C=O) groups excluding carboxylic acids is 1. The van der Waals surface area contributed by atoms with Crippen LogP contribution in [0.3, 0.4) is 0 Å². The second-order valence-electron chi connectivity index (χ2n) is 6.66. The van der Waals surface area contributed by atoms with Gasteiger partial charge >= 0.3 is 23.9 Å². The Bertz CT molecular complexity index is 953. The van der Waals surface area contributed by atoms with Gasteiger partial charge in [-0.2, -0.15) is 35.1 Å². The molecule has 0 aliphatic heterocycles. The fourth-order valence-corrected chi connectivity index (χ4v) is 4.58. The molecule has 0 spiro atoms. The number of amides is 1. The van der Waals surface area contributed by atoms with Crippen molar-refractivity contribution in [2.45, 2.75) is 29.5 Å². The maximum atomic E-state index is 14.8. The van der Waals surface area contributed by atoms with Crippen molar-refractivity contribution < 1.29 is 49.0 Å². The first-order valence-corrected chi connectivity index (χ1v) is 9.46. The molecule has 178 valence electrons. The number of carbonyl (C=O) groups is 1. The summed E-state index contributed by atoms with van der Waals surface area (Å²) >= 11 is 8.67. The number of halogens is 11. The van der Waals surface area contributed by atoms with Gasteiger partial charge in [0, 0.05) is 27.7 Å². The van der Waals surface area contributed by atoms with Crippen LogP contribution >= 0.6 is 27.5 Å². The molecule has 0 saturated carbocycles. The number of hydrogen-bond acceptors (Lipinski definition) is 2. The van der Waals surface area contributed by atoms with Crippen molar-refractivity contribution in [2.24, 2.45) is 11.7 Å². The van der Waals surface area contributed by atoms with Crippen molar-refractivity contribution in [3.8, 4) is 0 Å². The van der Waals surface area contributed by atoms with Crippen LogP contribution in [0.1, 0.15) is 11.1 Å². The summed E-state index contributed by atoms with van der Waals surface area (Å²) in [5.41, 5.74) is -5.23. The number of nitrogens with two attached hydrogens (primary N) is 1. The van der Waals surface area contributed by atoms with Crippen LogP contribution in [-0.2, 0) is 20.8 Å². The first kappa shape index (κ1) is 26.5. The first-order valence-electron chi connectivity index (χ1n) is 8.29. The van der Waals surface area contributed by atoms with E-state index < -0.39 is 56.4 Å². The van der Waals surface area contributed by atoms with Crippen LogP contribution in [0.2, 0.25) is 5.02 Å². The van der Waals surface area contributed by atoms with Gasteiger partial charge in [-0.25, -0.2) is 4.39 Å². The summed E-state index contributed by atoms with van der Waals surface area (Å²) in [5, 5.41) is -0.897. The van der Waals surface area contributed by atoms with E-state index in [2.05, 4.69) is 15.9 Å². The van der Waals surface area contributed by atoms with Gasteiger partial charge in [0.25, 0.3) is 0 Å². The Morgan fingerprint density at radius 3 is 2.03 bits per heavy atom. The summed E-state index contributed by atoms with van der Waals surface area (Å²) in [6.45, 7) is 0. The summed E-state index contributed by atoms with van der Waals surface area (Å²) < 4.78 is 125. The first-order chi connectivity index (χ1) is 14.4. The van der Waals surface area contributed by atoms with Gasteiger partial charge < -0.3 is 10.5 Å². The molecule has 2 rings (SSSR count). The molecule has 0 saturated heterocycles. The molecular formula is C18H12BrClF9NO2. The van der Waals surface area contributed by atoms with E-state index >= 15 is 0 Å². The molecule has 32 heavy (non-hydrogen) atoms. The molecular weight excluding hydrogens is 549 g/mol. The summed E-state index contributed by atoms with van der Waals surface area (Å²) in [7, 11) is 1.06. The van der Waals surface area contributed by atoms with Gasteiger partial charge in [0.15, 0.2) is 0 Å². The van der Waals surface area contributed by atoms with Gasteiger partial charge in [0.1, 0.15) is 5.60 Å². The summed E-state index contributed by atoms with van der Waals surface area (Å²) in [4.78, 5) is 11.9. The van der Waals surface area contributed by atoms with E-state index in [-0.39, 0.29) is 17.7 Å². The second-order valence-corrected chi connectivity index (χ2v) is 7.93. The van der Waals surface area contributed by atoms with Crippen molar-refractivity contribution in [3.63, 3.8) is 0 Å². The molecule has 2 N–H and O–H groups in total. The molecule has 1 aliphatic rings. The van der Waals surface area contributed by atoms with E-state index in [0.29, 0.717) is 0 Å². The molecule has 3 unspecified atom stereocenters.